The Balaban J connectivity index is 1.63. The van der Waals surface area contributed by atoms with Gasteiger partial charge < -0.3 is 29.6 Å². The lowest BCUT2D eigenvalue weighted by molar-refractivity contribution is -0.157. The fourth-order valence-corrected chi connectivity index (χ4v) is 7.71. The lowest BCUT2D eigenvalue weighted by atomic mass is 9.65. The van der Waals surface area contributed by atoms with Gasteiger partial charge >= 0.3 is 5.97 Å². The number of carbonyl (C=O) groups excluding carboxylic acids is 2. The van der Waals surface area contributed by atoms with E-state index in [1.165, 1.54) is 4.90 Å². The number of aliphatic carboxylic acids is 1. The summed E-state index contributed by atoms with van der Waals surface area (Å²) in [7, 11) is 0. The van der Waals surface area contributed by atoms with Crippen molar-refractivity contribution in [1.29, 1.82) is 0 Å². The fraction of sp³-hybridized carbons (Fsp3) is 0.485. The van der Waals surface area contributed by atoms with Crippen LogP contribution in [-0.2, 0) is 19.1 Å². The van der Waals surface area contributed by atoms with Crippen LogP contribution in [0.1, 0.15) is 51.6 Å². The zero-order valence-corrected chi connectivity index (χ0v) is 24.6. The van der Waals surface area contributed by atoms with Gasteiger partial charge in [-0.05, 0) is 62.9 Å². The van der Waals surface area contributed by atoms with Gasteiger partial charge in [0.25, 0.3) is 5.91 Å². The molecule has 3 heterocycles. The molecule has 3 aliphatic rings. The van der Waals surface area contributed by atoms with Crippen molar-refractivity contribution in [1.82, 2.24) is 4.90 Å². The Labute approximate surface area is 247 Å². The van der Waals surface area contributed by atoms with Crippen molar-refractivity contribution in [3.05, 3.63) is 72.8 Å². The number of ether oxygens (including phenoxy) is 1. The normalized spacial score (nSPS) is 28.4. The molecule has 2 unspecified atom stereocenters. The number of likely N-dealkylation sites (tertiary alicyclic amines) is 1. The summed E-state index contributed by atoms with van der Waals surface area (Å²) in [4.78, 5) is 47.2. The van der Waals surface area contributed by atoms with Gasteiger partial charge in [0.15, 0.2) is 0 Å². The van der Waals surface area contributed by atoms with Crippen molar-refractivity contribution in [3.63, 3.8) is 0 Å². The zero-order chi connectivity index (χ0) is 30.2. The van der Waals surface area contributed by atoms with Crippen molar-refractivity contribution in [2.75, 3.05) is 36.0 Å². The second-order valence-corrected chi connectivity index (χ2v) is 11.5. The highest BCUT2D eigenvalue weighted by atomic mass is 16.5. The highest BCUT2D eigenvalue weighted by Crippen LogP contribution is 2.65. The van der Waals surface area contributed by atoms with Crippen LogP contribution >= 0.6 is 0 Å². The molecule has 0 radical (unpaired) electrons. The van der Waals surface area contributed by atoms with E-state index < -0.39 is 53.6 Å². The minimum atomic E-state index is -1.32. The van der Waals surface area contributed by atoms with Gasteiger partial charge in [-0.1, -0.05) is 43.3 Å². The molecule has 6 atom stereocenters. The summed E-state index contributed by atoms with van der Waals surface area (Å²) >= 11 is 0. The summed E-state index contributed by atoms with van der Waals surface area (Å²) < 4.78 is 6.70. The van der Waals surface area contributed by atoms with Gasteiger partial charge in [0.1, 0.15) is 17.6 Å². The molecule has 9 nitrogen and oxygen atoms in total. The van der Waals surface area contributed by atoms with E-state index in [4.69, 9.17) is 4.74 Å². The zero-order valence-electron chi connectivity index (χ0n) is 24.6. The third kappa shape index (κ3) is 4.41. The summed E-state index contributed by atoms with van der Waals surface area (Å²) in [6.45, 7) is 11.4. The van der Waals surface area contributed by atoms with Gasteiger partial charge in [0.2, 0.25) is 5.91 Å². The Morgan fingerprint density at radius 2 is 1.71 bits per heavy atom. The van der Waals surface area contributed by atoms with Crippen molar-refractivity contribution in [2.45, 2.75) is 63.3 Å². The minimum absolute atomic E-state index is 0.180. The molecule has 2 aromatic carbocycles. The van der Waals surface area contributed by atoms with Crippen LogP contribution in [0.5, 0.6) is 0 Å². The summed E-state index contributed by atoms with van der Waals surface area (Å²) in [6.07, 6.45) is 2.87. The second-order valence-electron chi connectivity index (χ2n) is 11.5. The summed E-state index contributed by atoms with van der Waals surface area (Å²) in [5.41, 5.74) is -0.0190. The number of anilines is 2. The highest BCUT2D eigenvalue weighted by Gasteiger charge is 2.79. The van der Waals surface area contributed by atoms with E-state index in [1.54, 1.807) is 23.1 Å². The number of rotatable bonds is 12. The highest BCUT2D eigenvalue weighted by molar-refractivity contribution is 6.05. The number of hydrogen-bond acceptors (Lipinski definition) is 6. The van der Waals surface area contributed by atoms with Crippen LogP contribution < -0.4 is 9.80 Å². The fourth-order valence-electron chi connectivity index (χ4n) is 7.71. The Kier molecular flexibility index (Phi) is 8.18. The number of fused-ring (bicyclic) bond motifs is 1. The molecule has 3 saturated heterocycles. The first-order chi connectivity index (χ1) is 20.2. The molecule has 3 fully saturated rings. The van der Waals surface area contributed by atoms with Gasteiger partial charge in [0, 0.05) is 31.0 Å². The molecule has 0 saturated carbocycles. The second kappa shape index (κ2) is 11.5. The number of nitrogens with zero attached hydrogens (tertiary/aromatic N) is 3. The first-order valence-corrected chi connectivity index (χ1v) is 14.9. The lowest BCUT2D eigenvalue weighted by Gasteiger charge is -2.39. The minimum Gasteiger partial charge on any atom is -0.481 e. The first kappa shape index (κ1) is 29.8. The molecule has 1 spiro atoms. The number of aliphatic hydroxyl groups excluding tert-OH is 1. The van der Waals surface area contributed by atoms with Crippen LogP contribution in [-0.4, -0.2) is 76.4 Å². The van der Waals surface area contributed by atoms with Crippen LogP contribution in [0.3, 0.4) is 0 Å². The smallest absolute Gasteiger partial charge is 0.310 e. The number of carboxylic acids is 1. The van der Waals surface area contributed by atoms with Gasteiger partial charge in [-0.3, -0.25) is 14.4 Å². The molecule has 9 heteroatoms. The Bertz CT molecular complexity index is 1330. The maximum absolute atomic E-state index is 14.8. The third-order valence-corrected chi connectivity index (χ3v) is 9.68. The Morgan fingerprint density at radius 3 is 2.26 bits per heavy atom. The van der Waals surface area contributed by atoms with Crippen LogP contribution in [0.25, 0.3) is 0 Å². The molecule has 5 rings (SSSR count). The summed E-state index contributed by atoms with van der Waals surface area (Å²) in [6, 6.07) is 14.8. The predicted molar refractivity (Wildman–Crippen MR) is 160 cm³/mol. The van der Waals surface area contributed by atoms with E-state index >= 15 is 0 Å². The monoisotopic (exact) mass is 575 g/mol. The molecule has 42 heavy (non-hydrogen) atoms. The predicted octanol–water partition coefficient (Wildman–Crippen LogP) is 4.02. The van der Waals surface area contributed by atoms with E-state index in [9.17, 15) is 24.6 Å². The van der Waals surface area contributed by atoms with E-state index in [1.807, 2.05) is 49.4 Å². The molecular formula is C33H41N3O6. The molecular weight excluding hydrogens is 534 g/mol. The van der Waals surface area contributed by atoms with Crippen LogP contribution in [0.2, 0.25) is 0 Å². The number of amides is 2. The standard InChI is InChI=1S/C33H41N3O6/c1-5-20-35(24-16-14-23(15-17-24)34(7-3)8-4)30(39)28-33-19-18-32(6-2,42-33)27(31(40)41)26(33)29(38)36(28)25(21-37)22-12-10-9-11-13-22/h5,9-17,25-28,37H,1,6-8,18-21H2,2-4H3,(H,40,41)/t25-,26+,27-,28?,32+,33?/m1/s1. The maximum atomic E-state index is 14.8. The maximum Gasteiger partial charge on any atom is 0.310 e. The van der Waals surface area contributed by atoms with Crippen LogP contribution in [0, 0.1) is 11.8 Å². The number of carboxylic acid groups (broad SMARTS) is 1. The van der Waals surface area contributed by atoms with E-state index in [-0.39, 0.29) is 12.5 Å². The average Bonchev–Trinajstić information content (AvgIpc) is 3.61. The van der Waals surface area contributed by atoms with Gasteiger partial charge in [-0.25, -0.2) is 0 Å². The molecule has 224 valence electrons. The number of carbonyl (C=O) groups is 3. The van der Waals surface area contributed by atoms with Crippen molar-refractivity contribution in [3.8, 4) is 0 Å². The summed E-state index contributed by atoms with van der Waals surface area (Å²) in [5, 5.41) is 21.0. The third-order valence-electron chi connectivity index (χ3n) is 9.68. The largest absolute Gasteiger partial charge is 0.481 e. The molecule has 2 amide bonds. The van der Waals surface area contributed by atoms with Gasteiger partial charge in [-0.15, -0.1) is 6.58 Å². The molecule has 2 bridgehead atoms. The van der Waals surface area contributed by atoms with Crippen LogP contribution in [0.4, 0.5) is 11.4 Å². The summed E-state index contributed by atoms with van der Waals surface area (Å²) in [5.74, 6) is -4.06. The molecule has 0 aliphatic carbocycles. The Morgan fingerprint density at radius 1 is 1.07 bits per heavy atom. The molecule has 2 N–H and O–H groups in total. The van der Waals surface area contributed by atoms with Crippen molar-refractivity contribution >= 4 is 29.2 Å². The molecule has 2 aromatic rings. The SMILES string of the molecule is C=CCN(C(=O)C1N([C@H](CO)c2ccccc2)C(=O)[C@@H]2[C@H](C(=O)O)[C@]3(CC)CCC12O3)c1ccc(N(CC)CC)cc1. The van der Waals surface area contributed by atoms with Gasteiger partial charge in [0.05, 0.1) is 24.2 Å². The first-order valence-electron chi connectivity index (χ1n) is 14.9. The average molecular weight is 576 g/mol. The Hall–Kier alpha value is -3.69. The molecule has 0 aromatic heterocycles. The van der Waals surface area contributed by atoms with E-state index in [0.717, 1.165) is 18.8 Å². The van der Waals surface area contributed by atoms with Gasteiger partial charge in [-0.2, -0.15) is 0 Å². The van der Waals surface area contributed by atoms with Crippen molar-refractivity contribution < 1.29 is 29.3 Å². The topological polar surface area (TPSA) is 111 Å². The van der Waals surface area contributed by atoms with Crippen molar-refractivity contribution in [2.24, 2.45) is 11.8 Å². The number of hydrogen-bond donors (Lipinski definition) is 2. The number of aliphatic hydroxyl groups is 1. The molecule has 3 aliphatic heterocycles. The lowest BCUT2D eigenvalue weighted by Crippen LogP contribution is -2.57. The van der Waals surface area contributed by atoms with E-state index in [0.29, 0.717) is 30.5 Å². The van der Waals surface area contributed by atoms with Crippen LogP contribution in [0.15, 0.2) is 67.3 Å². The van der Waals surface area contributed by atoms with E-state index in [2.05, 4.69) is 25.3 Å². The number of benzene rings is 2. The quantitative estimate of drug-likeness (QED) is 0.368.